The van der Waals surface area contributed by atoms with E-state index in [1.807, 2.05) is 0 Å². The van der Waals surface area contributed by atoms with Gasteiger partial charge in [-0.15, -0.1) is 0 Å². The first-order valence-electron chi connectivity index (χ1n) is 4.60. The van der Waals surface area contributed by atoms with Crippen molar-refractivity contribution in [3.8, 4) is 0 Å². The topological polar surface area (TPSA) is 133 Å². The van der Waals surface area contributed by atoms with Gasteiger partial charge in [-0.1, -0.05) is 0 Å². The van der Waals surface area contributed by atoms with Gasteiger partial charge in [-0.25, -0.2) is 4.79 Å². The molecule has 0 atom stereocenters. The van der Waals surface area contributed by atoms with Crippen LogP contribution in [0.3, 0.4) is 0 Å². The molecule has 1 aliphatic rings. The Bertz CT molecular complexity index is 385. The maximum absolute atomic E-state index is 11.2. The van der Waals surface area contributed by atoms with Gasteiger partial charge < -0.3 is 14.8 Å². The van der Waals surface area contributed by atoms with E-state index in [-0.39, 0.29) is 19.0 Å². The van der Waals surface area contributed by atoms with E-state index in [1.54, 1.807) is 0 Å². The Labute approximate surface area is 92.8 Å². The third kappa shape index (κ3) is 3.66. The quantitative estimate of drug-likeness (QED) is 0.617. The summed E-state index contributed by atoms with van der Waals surface area (Å²) >= 11 is 0. The number of piperidine rings is 1. The molecule has 9 heteroatoms. The standard InChI is InChI=1S/C7H13N3O5S/c8-6(11)5-1-3-10(4-2-5)7(12)15-16(9,13)14/h5H,1-4H2,(H2,8,11)(H2,9,13,14). The smallest absolute Gasteiger partial charge is 0.369 e. The van der Waals surface area contributed by atoms with E-state index in [9.17, 15) is 18.0 Å². The fourth-order valence-corrected chi connectivity index (χ4v) is 1.80. The minimum atomic E-state index is -4.29. The molecule has 0 radical (unpaired) electrons. The van der Waals surface area contributed by atoms with Gasteiger partial charge in [0.2, 0.25) is 5.91 Å². The van der Waals surface area contributed by atoms with Crippen LogP contribution >= 0.6 is 0 Å². The highest BCUT2D eigenvalue weighted by atomic mass is 32.2. The van der Waals surface area contributed by atoms with Gasteiger partial charge >= 0.3 is 16.4 Å². The second kappa shape index (κ2) is 4.66. The van der Waals surface area contributed by atoms with Crippen LogP contribution in [0.25, 0.3) is 0 Å². The van der Waals surface area contributed by atoms with E-state index < -0.39 is 22.3 Å². The third-order valence-electron chi connectivity index (χ3n) is 2.34. The highest BCUT2D eigenvalue weighted by Crippen LogP contribution is 2.17. The van der Waals surface area contributed by atoms with Gasteiger partial charge in [-0.05, 0) is 12.8 Å². The van der Waals surface area contributed by atoms with Crippen LogP contribution in [0.1, 0.15) is 12.8 Å². The first-order chi connectivity index (χ1) is 7.29. The summed E-state index contributed by atoms with van der Waals surface area (Å²) in [5.41, 5.74) is 5.10. The monoisotopic (exact) mass is 251 g/mol. The second-order valence-electron chi connectivity index (χ2n) is 3.51. The lowest BCUT2D eigenvalue weighted by Gasteiger charge is -2.29. The van der Waals surface area contributed by atoms with Crippen LogP contribution in [-0.4, -0.2) is 38.4 Å². The van der Waals surface area contributed by atoms with Gasteiger partial charge in [0.05, 0.1) is 0 Å². The fraction of sp³-hybridized carbons (Fsp3) is 0.714. The van der Waals surface area contributed by atoms with E-state index >= 15 is 0 Å². The Morgan fingerprint density at radius 2 is 1.75 bits per heavy atom. The average molecular weight is 251 g/mol. The van der Waals surface area contributed by atoms with Gasteiger partial charge in [-0.2, -0.15) is 13.6 Å². The zero-order valence-corrected chi connectivity index (χ0v) is 9.27. The Balaban J connectivity index is 2.48. The number of rotatable bonds is 2. The minimum Gasteiger partial charge on any atom is -0.369 e. The lowest BCUT2D eigenvalue weighted by Crippen LogP contribution is -2.43. The zero-order valence-electron chi connectivity index (χ0n) is 8.46. The van der Waals surface area contributed by atoms with Gasteiger partial charge in [0.25, 0.3) is 0 Å². The average Bonchev–Trinajstić information content (AvgIpc) is 2.15. The number of carbonyl (C=O) groups excluding carboxylic acids is 2. The van der Waals surface area contributed by atoms with Crippen LogP contribution in [0.5, 0.6) is 0 Å². The third-order valence-corrected chi connectivity index (χ3v) is 2.72. The van der Waals surface area contributed by atoms with Crippen LogP contribution in [0.15, 0.2) is 0 Å². The number of nitrogens with zero attached hydrogens (tertiary/aromatic N) is 1. The summed E-state index contributed by atoms with van der Waals surface area (Å²) in [6.45, 7) is 0.448. The predicted octanol–water partition coefficient (Wildman–Crippen LogP) is -1.48. The summed E-state index contributed by atoms with van der Waals surface area (Å²) in [6.07, 6.45) is -0.227. The SMILES string of the molecule is NC(=O)C1CCN(C(=O)OS(N)(=O)=O)CC1. The highest BCUT2D eigenvalue weighted by molar-refractivity contribution is 7.84. The molecule has 0 bridgehead atoms. The molecule has 92 valence electrons. The highest BCUT2D eigenvalue weighted by Gasteiger charge is 2.28. The molecule has 0 aromatic heterocycles. The Hall–Kier alpha value is -1.35. The summed E-state index contributed by atoms with van der Waals surface area (Å²) in [6, 6.07) is 0. The van der Waals surface area contributed by atoms with Crippen molar-refractivity contribution in [1.82, 2.24) is 4.90 Å². The molecule has 1 rings (SSSR count). The van der Waals surface area contributed by atoms with Crippen molar-refractivity contribution >= 4 is 22.3 Å². The summed E-state index contributed by atoms with van der Waals surface area (Å²) in [5.74, 6) is -0.696. The summed E-state index contributed by atoms with van der Waals surface area (Å²) in [5, 5.41) is 4.55. The number of nitrogens with two attached hydrogens (primary N) is 2. The molecule has 1 heterocycles. The van der Waals surface area contributed by atoms with E-state index in [2.05, 4.69) is 9.32 Å². The van der Waals surface area contributed by atoms with Gasteiger partial charge in [0, 0.05) is 19.0 Å². The van der Waals surface area contributed by atoms with Crippen molar-refractivity contribution in [3.05, 3.63) is 0 Å². The predicted molar refractivity (Wildman–Crippen MR) is 53.1 cm³/mol. The molecular formula is C7H13N3O5S. The molecule has 0 spiro atoms. The van der Waals surface area contributed by atoms with Crippen molar-refractivity contribution in [1.29, 1.82) is 0 Å². The van der Waals surface area contributed by atoms with Crippen LogP contribution < -0.4 is 10.9 Å². The normalized spacial score (nSPS) is 18.2. The number of primary amides is 1. The van der Waals surface area contributed by atoms with Crippen molar-refractivity contribution < 1.29 is 22.2 Å². The molecule has 1 aliphatic heterocycles. The minimum absolute atomic E-state index is 0.224. The van der Waals surface area contributed by atoms with Crippen molar-refractivity contribution in [3.63, 3.8) is 0 Å². The number of likely N-dealkylation sites (tertiary alicyclic amines) is 1. The second-order valence-corrected chi connectivity index (χ2v) is 4.66. The zero-order chi connectivity index (χ0) is 12.3. The van der Waals surface area contributed by atoms with Crippen molar-refractivity contribution in [2.75, 3.05) is 13.1 Å². The van der Waals surface area contributed by atoms with Crippen LogP contribution in [-0.2, 0) is 19.3 Å². The molecule has 1 fully saturated rings. The number of hydrogen-bond acceptors (Lipinski definition) is 5. The number of amides is 2. The lowest BCUT2D eigenvalue weighted by molar-refractivity contribution is -0.123. The molecule has 2 amide bonds. The molecule has 0 saturated carbocycles. The van der Waals surface area contributed by atoms with Crippen LogP contribution in [0.2, 0.25) is 0 Å². The fourth-order valence-electron chi connectivity index (χ4n) is 1.50. The molecule has 0 aliphatic carbocycles. The molecule has 16 heavy (non-hydrogen) atoms. The van der Waals surface area contributed by atoms with E-state index in [0.717, 1.165) is 0 Å². The maximum atomic E-state index is 11.2. The van der Waals surface area contributed by atoms with Gasteiger partial charge in [0.1, 0.15) is 0 Å². The van der Waals surface area contributed by atoms with Crippen molar-refractivity contribution in [2.24, 2.45) is 16.8 Å². The van der Waals surface area contributed by atoms with Crippen molar-refractivity contribution in [2.45, 2.75) is 12.8 Å². The Morgan fingerprint density at radius 1 is 1.25 bits per heavy atom. The number of carbonyl (C=O) groups is 2. The molecule has 0 aromatic carbocycles. The maximum Gasteiger partial charge on any atom is 0.426 e. The van der Waals surface area contributed by atoms with Crippen LogP contribution in [0.4, 0.5) is 4.79 Å². The first-order valence-corrected chi connectivity index (χ1v) is 6.07. The molecular weight excluding hydrogens is 238 g/mol. The van der Waals surface area contributed by atoms with E-state index in [1.165, 1.54) is 4.90 Å². The van der Waals surface area contributed by atoms with Crippen LogP contribution in [0, 0.1) is 5.92 Å². The largest absolute Gasteiger partial charge is 0.426 e. The number of hydrogen-bond donors (Lipinski definition) is 2. The lowest BCUT2D eigenvalue weighted by atomic mass is 9.97. The Kier molecular flexibility index (Phi) is 3.70. The first kappa shape index (κ1) is 12.7. The van der Waals surface area contributed by atoms with Gasteiger partial charge in [0.15, 0.2) is 0 Å². The summed E-state index contributed by atoms with van der Waals surface area (Å²) < 4.78 is 25.0. The summed E-state index contributed by atoms with van der Waals surface area (Å²) in [4.78, 5) is 23.2. The molecule has 8 nitrogen and oxygen atoms in total. The molecule has 1 saturated heterocycles. The van der Waals surface area contributed by atoms with Gasteiger partial charge in [-0.3, -0.25) is 4.79 Å². The van der Waals surface area contributed by atoms with E-state index in [4.69, 9.17) is 5.73 Å². The summed E-state index contributed by atoms with van der Waals surface area (Å²) in [7, 11) is -4.29. The van der Waals surface area contributed by atoms with E-state index in [0.29, 0.717) is 12.8 Å². The molecule has 0 aromatic rings. The molecule has 0 unspecified atom stereocenters. The molecule has 4 N–H and O–H groups in total. The Morgan fingerprint density at radius 3 is 2.12 bits per heavy atom.